The zero-order valence-electron chi connectivity index (χ0n) is 20.3. The quantitative estimate of drug-likeness (QED) is 0.304. The molecule has 3 atom stereocenters. The van der Waals surface area contributed by atoms with E-state index in [1.165, 1.54) is 0 Å². The number of carbonyl (C=O) groups is 2. The summed E-state index contributed by atoms with van der Waals surface area (Å²) < 4.78 is 0. The molecule has 3 unspecified atom stereocenters. The van der Waals surface area contributed by atoms with Gasteiger partial charge in [-0.05, 0) is 86.8 Å². The first-order valence-corrected chi connectivity index (χ1v) is 12.1. The lowest BCUT2D eigenvalue weighted by Crippen LogP contribution is -2.42. The fourth-order valence-corrected chi connectivity index (χ4v) is 5.73. The van der Waals surface area contributed by atoms with Gasteiger partial charge < -0.3 is 5.11 Å². The monoisotopic (exact) mass is 448 g/mol. The number of aromatic nitrogens is 2. The van der Waals surface area contributed by atoms with E-state index in [4.69, 9.17) is 0 Å². The van der Waals surface area contributed by atoms with Crippen LogP contribution >= 0.6 is 0 Å². The first kappa shape index (κ1) is 24.9. The van der Waals surface area contributed by atoms with Crippen LogP contribution in [0.4, 0.5) is 0 Å². The van der Waals surface area contributed by atoms with Gasteiger partial charge in [0.2, 0.25) is 0 Å². The lowest BCUT2D eigenvalue weighted by molar-refractivity contribution is -0.131. The van der Waals surface area contributed by atoms with E-state index < -0.39 is 12.0 Å². The third kappa shape index (κ3) is 5.81. The van der Waals surface area contributed by atoms with Gasteiger partial charge in [0.05, 0.1) is 12.0 Å². The number of aliphatic hydroxyl groups is 1. The number of aromatic amines is 1. The zero-order valence-corrected chi connectivity index (χ0v) is 20.3. The van der Waals surface area contributed by atoms with E-state index in [9.17, 15) is 14.7 Å². The molecule has 1 aromatic heterocycles. The molecule has 1 aromatic carbocycles. The maximum atomic E-state index is 13.5. The van der Waals surface area contributed by atoms with Crippen LogP contribution in [0.5, 0.6) is 0 Å². The van der Waals surface area contributed by atoms with Gasteiger partial charge in [0, 0.05) is 24.6 Å². The summed E-state index contributed by atoms with van der Waals surface area (Å²) in [6.07, 6.45) is 6.87. The number of aliphatic hydroxyl groups excluding tert-OH is 1. The van der Waals surface area contributed by atoms with Crippen LogP contribution in [0, 0.1) is 31.1 Å². The summed E-state index contributed by atoms with van der Waals surface area (Å²) in [5, 5.41) is 17.8. The Bertz CT molecular complexity index is 1020. The summed E-state index contributed by atoms with van der Waals surface area (Å²) in [6, 6.07) is 5.73. The van der Waals surface area contributed by atoms with Gasteiger partial charge in [-0.15, -0.1) is 5.92 Å². The van der Waals surface area contributed by atoms with Crippen molar-refractivity contribution in [2.24, 2.45) is 5.41 Å². The van der Waals surface area contributed by atoms with Crippen molar-refractivity contribution in [2.75, 3.05) is 0 Å². The second kappa shape index (κ2) is 10.9. The predicted octanol–water partition coefficient (Wildman–Crippen LogP) is 5.44. The first-order valence-electron chi connectivity index (χ1n) is 12.1. The minimum atomic E-state index is -0.690. The van der Waals surface area contributed by atoms with Crippen molar-refractivity contribution < 1.29 is 14.7 Å². The number of carbonyl (C=O) groups excluding carboxylic acids is 2. The van der Waals surface area contributed by atoms with Crippen molar-refractivity contribution in [1.82, 2.24) is 10.2 Å². The normalized spacial score (nSPS) is 22.6. The lowest BCUT2D eigenvalue weighted by Gasteiger charge is -2.43. The number of nitrogens with zero attached hydrogens (tertiary/aromatic N) is 1. The molecule has 0 bridgehead atoms. The number of Topliss-reactive ketones (excluding diaryl/α,β-unsaturated/α-hetero) is 2. The van der Waals surface area contributed by atoms with Crippen molar-refractivity contribution >= 4 is 11.6 Å². The summed E-state index contributed by atoms with van der Waals surface area (Å²) in [5.74, 6) is 5.75. The van der Waals surface area contributed by atoms with Crippen molar-refractivity contribution in [3.05, 3.63) is 52.3 Å². The van der Waals surface area contributed by atoms with Gasteiger partial charge in [-0.25, -0.2) is 0 Å². The van der Waals surface area contributed by atoms with Gasteiger partial charge in [-0.3, -0.25) is 14.7 Å². The number of hydrogen-bond acceptors (Lipinski definition) is 4. The SMILES string of the molecule is CC#Cc1cc(C)c(C2C(=O)CC(CCC)(CCCCC(=O)c3ccn[nH]3)CC2O)c(C)c1. The van der Waals surface area contributed by atoms with E-state index in [2.05, 4.69) is 29.0 Å². The topological polar surface area (TPSA) is 83.0 Å². The van der Waals surface area contributed by atoms with Crippen LogP contribution in [0.3, 0.4) is 0 Å². The third-order valence-corrected chi connectivity index (χ3v) is 7.04. The number of rotatable bonds is 9. The maximum absolute atomic E-state index is 13.5. The molecule has 1 aliphatic rings. The molecule has 0 aliphatic heterocycles. The van der Waals surface area contributed by atoms with Crippen LogP contribution in [0.15, 0.2) is 24.4 Å². The number of hydrogen-bond donors (Lipinski definition) is 2. The molecule has 1 heterocycles. The Morgan fingerprint density at radius 1 is 1.24 bits per heavy atom. The molecular weight excluding hydrogens is 412 g/mol. The molecule has 33 heavy (non-hydrogen) atoms. The Morgan fingerprint density at radius 3 is 2.55 bits per heavy atom. The molecule has 0 amide bonds. The maximum Gasteiger partial charge on any atom is 0.180 e. The number of nitrogens with one attached hydrogen (secondary N) is 1. The number of benzene rings is 1. The summed E-state index contributed by atoms with van der Waals surface area (Å²) in [6.45, 7) is 7.96. The van der Waals surface area contributed by atoms with E-state index in [0.29, 0.717) is 25.0 Å². The van der Waals surface area contributed by atoms with Crippen LogP contribution in [0.1, 0.15) is 104 Å². The highest BCUT2D eigenvalue weighted by Crippen LogP contribution is 2.48. The van der Waals surface area contributed by atoms with Crippen molar-refractivity contribution in [2.45, 2.75) is 91.1 Å². The van der Waals surface area contributed by atoms with Crippen LogP contribution in [0.25, 0.3) is 0 Å². The molecule has 2 aromatic rings. The summed E-state index contributed by atoms with van der Waals surface area (Å²) in [4.78, 5) is 25.7. The molecule has 0 saturated heterocycles. The average Bonchev–Trinajstić information content (AvgIpc) is 3.28. The van der Waals surface area contributed by atoms with Crippen LogP contribution in [-0.4, -0.2) is 33.0 Å². The molecule has 5 heteroatoms. The van der Waals surface area contributed by atoms with Crippen LogP contribution < -0.4 is 0 Å². The van der Waals surface area contributed by atoms with Crippen LogP contribution in [-0.2, 0) is 4.79 Å². The average molecular weight is 449 g/mol. The zero-order chi connectivity index (χ0) is 24.0. The number of ketones is 2. The second-order valence-corrected chi connectivity index (χ2v) is 9.64. The van der Waals surface area contributed by atoms with Crippen molar-refractivity contribution in [1.29, 1.82) is 0 Å². The molecule has 0 radical (unpaired) electrons. The highest BCUT2D eigenvalue weighted by atomic mass is 16.3. The van der Waals surface area contributed by atoms with E-state index in [-0.39, 0.29) is 17.0 Å². The van der Waals surface area contributed by atoms with Gasteiger partial charge in [0.25, 0.3) is 0 Å². The molecule has 176 valence electrons. The minimum absolute atomic E-state index is 0.0685. The summed E-state index contributed by atoms with van der Waals surface area (Å²) >= 11 is 0. The van der Waals surface area contributed by atoms with Gasteiger partial charge in [-0.2, -0.15) is 5.10 Å². The van der Waals surface area contributed by atoms with Gasteiger partial charge in [-0.1, -0.05) is 25.7 Å². The highest BCUT2D eigenvalue weighted by molar-refractivity contribution is 5.94. The Kier molecular flexibility index (Phi) is 8.26. The molecule has 0 spiro atoms. The predicted molar refractivity (Wildman–Crippen MR) is 130 cm³/mol. The Labute approximate surface area is 197 Å². The Morgan fingerprint density at radius 2 is 1.97 bits per heavy atom. The molecule has 1 saturated carbocycles. The molecular formula is C28H36N2O3. The number of aryl methyl sites for hydroxylation is 2. The third-order valence-electron chi connectivity index (χ3n) is 7.04. The summed E-state index contributed by atoms with van der Waals surface area (Å²) in [7, 11) is 0. The molecule has 1 aliphatic carbocycles. The standard InChI is InChI=1S/C28H36N2O3/c1-5-9-21-15-19(3)26(20(4)16-21)27-24(32)17-28(12-6-2,18-25(27)33)13-8-7-10-23(31)22-11-14-29-30-22/h11,14-16,24,27,32H,6-8,10,12-13,17-18H2,1-4H3,(H,29,30). The van der Waals surface area contributed by atoms with Gasteiger partial charge in [0.1, 0.15) is 11.5 Å². The minimum Gasteiger partial charge on any atom is -0.392 e. The van der Waals surface area contributed by atoms with Crippen molar-refractivity contribution in [3.63, 3.8) is 0 Å². The Hall–Kier alpha value is -2.71. The molecule has 3 rings (SSSR count). The first-order chi connectivity index (χ1) is 15.8. The molecule has 1 fully saturated rings. The van der Waals surface area contributed by atoms with E-state index in [1.54, 1.807) is 12.3 Å². The number of unbranched alkanes of at least 4 members (excludes halogenated alkanes) is 1. The fraction of sp³-hybridized carbons (Fsp3) is 0.536. The van der Waals surface area contributed by atoms with Crippen LogP contribution in [0.2, 0.25) is 0 Å². The highest BCUT2D eigenvalue weighted by Gasteiger charge is 2.45. The fourth-order valence-electron chi connectivity index (χ4n) is 5.73. The van der Waals surface area contributed by atoms with E-state index in [1.807, 2.05) is 32.9 Å². The largest absolute Gasteiger partial charge is 0.392 e. The number of H-pyrrole nitrogens is 1. The molecule has 5 nitrogen and oxygen atoms in total. The Balaban J connectivity index is 1.70. The van der Waals surface area contributed by atoms with Gasteiger partial charge in [0.15, 0.2) is 5.78 Å². The van der Waals surface area contributed by atoms with Crippen molar-refractivity contribution in [3.8, 4) is 11.8 Å². The lowest BCUT2D eigenvalue weighted by atomic mass is 9.62. The second-order valence-electron chi connectivity index (χ2n) is 9.64. The molecule has 2 N–H and O–H groups in total. The van der Waals surface area contributed by atoms with Gasteiger partial charge >= 0.3 is 0 Å². The summed E-state index contributed by atoms with van der Waals surface area (Å²) in [5.41, 5.74) is 4.30. The van der Waals surface area contributed by atoms with E-state index in [0.717, 1.165) is 54.4 Å². The smallest absolute Gasteiger partial charge is 0.180 e. The van der Waals surface area contributed by atoms with E-state index >= 15 is 0 Å².